The zero-order chi connectivity index (χ0) is 8.55. The zero-order valence-corrected chi connectivity index (χ0v) is 7.16. The molecule has 1 aromatic heterocycles. The van der Waals surface area contributed by atoms with Crippen LogP contribution in [0.4, 0.5) is 0 Å². The van der Waals surface area contributed by atoms with Crippen LogP contribution in [-0.2, 0) is 11.3 Å². The van der Waals surface area contributed by atoms with Crippen molar-refractivity contribution in [2.24, 2.45) is 5.92 Å². The molecule has 12 heavy (non-hydrogen) atoms. The van der Waals surface area contributed by atoms with E-state index in [9.17, 15) is 4.79 Å². The van der Waals surface area contributed by atoms with Crippen molar-refractivity contribution in [3.05, 3.63) is 18.0 Å². The quantitative estimate of drug-likeness (QED) is 0.672. The number of hydrogen-bond donors (Lipinski definition) is 0. The largest absolute Gasteiger partial charge is 0.297 e. The Morgan fingerprint density at radius 2 is 2.50 bits per heavy atom. The van der Waals surface area contributed by atoms with Crippen LogP contribution in [0, 0.1) is 12.8 Å². The molecule has 0 aromatic carbocycles. The Kier molecular flexibility index (Phi) is 1.71. The minimum absolute atomic E-state index is 0.335. The number of carbonyl (C=O) groups is 1. The first-order valence-corrected chi connectivity index (χ1v) is 4.28. The van der Waals surface area contributed by atoms with Gasteiger partial charge in [-0.3, -0.25) is 9.48 Å². The van der Waals surface area contributed by atoms with Gasteiger partial charge in [0, 0.05) is 17.8 Å². The lowest BCUT2D eigenvalue weighted by atomic mass is 10.2. The molecule has 0 bridgehead atoms. The molecule has 0 atom stereocenters. The summed E-state index contributed by atoms with van der Waals surface area (Å²) in [6.07, 6.45) is 3.90. The molecule has 2 rings (SSSR count). The molecule has 0 amide bonds. The fourth-order valence-electron chi connectivity index (χ4n) is 1.25. The Balaban J connectivity index is 2.02. The standard InChI is InChI=1S/C9H12N2O/c1-7-4-5-10-11(7)6-9(12)8-2-3-8/h4-5,8H,2-3,6H2,1H3. The van der Waals surface area contributed by atoms with Gasteiger partial charge in [-0.15, -0.1) is 0 Å². The fraction of sp³-hybridized carbons (Fsp3) is 0.556. The highest BCUT2D eigenvalue weighted by Crippen LogP contribution is 2.30. The molecule has 1 aliphatic rings. The van der Waals surface area contributed by atoms with Crippen LogP contribution in [0.3, 0.4) is 0 Å². The molecule has 3 nitrogen and oxygen atoms in total. The third-order valence-corrected chi connectivity index (χ3v) is 2.27. The van der Waals surface area contributed by atoms with Crippen molar-refractivity contribution in [1.82, 2.24) is 9.78 Å². The van der Waals surface area contributed by atoms with E-state index in [4.69, 9.17) is 0 Å². The number of rotatable bonds is 3. The highest BCUT2D eigenvalue weighted by molar-refractivity contribution is 5.82. The summed E-state index contributed by atoms with van der Waals surface area (Å²) in [7, 11) is 0. The molecule has 1 aliphatic carbocycles. The molecule has 1 fully saturated rings. The number of nitrogens with zero attached hydrogens (tertiary/aromatic N) is 2. The number of aryl methyl sites for hydroxylation is 1. The van der Waals surface area contributed by atoms with E-state index >= 15 is 0 Å². The molecule has 1 heterocycles. The minimum Gasteiger partial charge on any atom is -0.297 e. The summed E-state index contributed by atoms with van der Waals surface area (Å²) in [4.78, 5) is 11.4. The van der Waals surface area contributed by atoms with Crippen LogP contribution in [0.1, 0.15) is 18.5 Å². The smallest absolute Gasteiger partial charge is 0.157 e. The van der Waals surface area contributed by atoms with Gasteiger partial charge in [0.25, 0.3) is 0 Å². The van der Waals surface area contributed by atoms with Gasteiger partial charge in [0.1, 0.15) is 6.54 Å². The highest BCUT2D eigenvalue weighted by atomic mass is 16.1. The van der Waals surface area contributed by atoms with Crippen LogP contribution in [-0.4, -0.2) is 15.6 Å². The van der Waals surface area contributed by atoms with E-state index in [2.05, 4.69) is 5.10 Å². The molecule has 0 aliphatic heterocycles. The van der Waals surface area contributed by atoms with E-state index in [1.165, 1.54) is 0 Å². The first kappa shape index (κ1) is 7.53. The van der Waals surface area contributed by atoms with Crippen LogP contribution >= 0.6 is 0 Å². The second kappa shape index (κ2) is 2.73. The molecule has 3 heteroatoms. The van der Waals surface area contributed by atoms with E-state index < -0.39 is 0 Å². The summed E-state index contributed by atoms with van der Waals surface area (Å²) in [6.45, 7) is 2.43. The van der Waals surface area contributed by atoms with Gasteiger partial charge in [-0.1, -0.05) is 0 Å². The maximum Gasteiger partial charge on any atom is 0.157 e. The van der Waals surface area contributed by atoms with E-state index in [-0.39, 0.29) is 0 Å². The van der Waals surface area contributed by atoms with Crippen molar-refractivity contribution in [3.63, 3.8) is 0 Å². The second-order valence-corrected chi connectivity index (χ2v) is 3.37. The second-order valence-electron chi connectivity index (χ2n) is 3.37. The van der Waals surface area contributed by atoms with Crippen molar-refractivity contribution in [2.75, 3.05) is 0 Å². The first-order valence-electron chi connectivity index (χ1n) is 4.28. The van der Waals surface area contributed by atoms with Gasteiger partial charge in [0.2, 0.25) is 0 Å². The Labute approximate surface area is 71.4 Å². The van der Waals surface area contributed by atoms with Crippen LogP contribution in [0.5, 0.6) is 0 Å². The summed E-state index contributed by atoms with van der Waals surface area (Å²) >= 11 is 0. The maximum absolute atomic E-state index is 11.4. The van der Waals surface area contributed by atoms with Crippen LogP contribution in [0.15, 0.2) is 12.3 Å². The third-order valence-electron chi connectivity index (χ3n) is 2.27. The Hall–Kier alpha value is -1.12. The third kappa shape index (κ3) is 1.40. The van der Waals surface area contributed by atoms with Gasteiger partial charge in [0.05, 0.1) is 0 Å². The van der Waals surface area contributed by atoms with E-state index in [1.807, 2.05) is 13.0 Å². The van der Waals surface area contributed by atoms with Gasteiger partial charge < -0.3 is 0 Å². The van der Waals surface area contributed by atoms with Crippen molar-refractivity contribution in [2.45, 2.75) is 26.3 Å². The molecular weight excluding hydrogens is 152 g/mol. The summed E-state index contributed by atoms with van der Waals surface area (Å²) in [5, 5.41) is 4.06. The molecule has 0 saturated heterocycles. The van der Waals surface area contributed by atoms with Gasteiger partial charge in [-0.2, -0.15) is 5.10 Å². The van der Waals surface area contributed by atoms with E-state index in [0.717, 1.165) is 18.5 Å². The molecule has 0 spiro atoms. The molecule has 0 unspecified atom stereocenters. The fourth-order valence-corrected chi connectivity index (χ4v) is 1.25. The van der Waals surface area contributed by atoms with E-state index in [0.29, 0.717) is 18.2 Å². The number of hydrogen-bond acceptors (Lipinski definition) is 2. The summed E-state index contributed by atoms with van der Waals surface area (Å²) < 4.78 is 1.76. The van der Waals surface area contributed by atoms with Crippen LogP contribution < -0.4 is 0 Å². The maximum atomic E-state index is 11.4. The Morgan fingerprint density at radius 3 is 3.00 bits per heavy atom. The molecule has 64 valence electrons. The number of ketones is 1. The lowest BCUT2D eigenvalue weighted by Crippen LogP contribution is -2.13. The monoisotopic (exact) mass is 164 g/mol. The lowest BCUT2D eigenvalue weighted by molar-refractivity contribution is -0.121. The Morgan fingerprint density at radius 1 is 1.75 bits per heavy atom. The van der Waals surface area contributed by atoms with Gasteiger partial charge in [-0.05, 0) is 25.8 Å². The minimum atomic E-state index is 0.335. The van der Waals surface area contributed by atoms with Crippen LogP contribution in [0.25, 0.3) is 0 Å². The van der Waals surface area contributed by atoms with Gasteiger partial charge in [0.15, 0.2) is 5.78 Å². The lowest BCUT2D eigenvalue weighted by Gasteiger charge is -2.01. The number of carbonyl (C=O) groups excluding carboxylic acids is 1. The van der Waals surface area contributed by atoms with E-state index in [1.54, 1.807) is 10.9 Å². The zero-order valence-electron chi connectivity index (χ0n) is 7.16. The summed E-state index contributed by atoms with van der Waals surface area (Å²) in [6, 6.07) is 1.92. The van der Waals surface area contributed by atoms with Crippen molar-refractivity contribution < 1.29 is 4.79 Å². The first-order chi connectivity index (χ1) is 5.77. The molecule has 0 N–H and O–H groups in total. The normalized spacial score (nSPS) is 16.4. The SMILES string of the molecule is Cc1ccnn1CC(=O)C1CC1. The number of aromatic nitrogens is 2. The van der Waals surface area contributed by atoms with Crippen LogP contribution in [0.2, 0.25) is 0 Å². The molecule has 1 aromatic rings. The Bertz CT molecular complexity index is 299. The van der Waals surface area contributed by atoms with Gasteiger partial charge >= 0.3 is 0 Å². The predicted molar refractivity (Wildman–Crippen MR) is 44.7 cm³/mol. The molecular formula is C9H12N2O. The summed E-state index contributed by atoms with van der Waals surface area (Å²) in [5.74, 6) is 0.676. The number of Topliss-reactive ketones (excluding diaryl/α,β-unsaturated/α-hetero) is 1. The predicted octanol–water partition coefficient (Wildman–Crippen LogP) is 1.17. The van der Waals surface area contributed by atoms with Crippen molar-refractivity contribution in [3.8, 4) is 0 Å². The van der Waals surface area contributed by atoms with Gasteiger partial charge in [-0.25, -0.2) is 0 Å². The molecule has 0 radical (unpaired) electrons. The topological polar surface area (TPSA) is 34.9 Å². The van der Waals surface area contributed by atoms with Crippen molar-refractivity contribution >= 4 is 5.78 Å². The average Bonchev–Trinajstić information content (AvgIpc) is 2.80. The van der Waals surface area contributed by atoms with Crippen molar-refractivity contribution in [1.29, 1.82) is 0 Å². The average molecular weight is 164 g/mol. The molecule has 1 saturated carbocycles. The summed E-state index contributed by atoms with van der Waals surface area (Å²) in [5.41, 5.74) is 1.06. The highest BCUT2D eigenvalue weighted by Gasteiger charge is 2.29.